The number of rotatable bonds is 5. The number of allylic oxidation sites excluding steroid dienone is 1. The Labute approximate surface area is 212 Å². The fourth-order valence-corrected chi connectivity index (χ4v) is 5.67. The van der Waals surface area contributed by atoms with Crippen LogP contribution in [0.15, 0.2) is 81.7 Å². The van der Waals surface area contributed by atoms with Gasteiger partial charge in [-0.1, -0.05) is 59.9 Å². The normalized spacial score (nSPS) is 15.6. The van der Waals surface area contributed by atoms with Crippen molar-refractivity contribution in [2.24, 2.45) is 4.99 Å². The van der Waals surface area contributed by atoms with Crippen LogP contribution in [0.3, 0.4) is 0 Å². The number of nitrogens with zero attached hydrogens (tertiary/aromatic N) is 4. The molecular weight excluding hydrogens is 470 g/mol. The van der Waals surface area contributed by atoms with Gasteiger partial charge in [0.05, 0.1) is 27.5 Å². The lowest BCUT2D eigenvalue weighted by Gasteiger charge is -2.25. The minimum atomic E-state index is -0.589. The zero-order valence-corrected chi connectivity index (χ0v) is 21.5. The Balaban J connectivity index is 1.68. The van der Waals surface area contributed by atoms with Gasteiger partial charge in [0, 0.05) is 23.5 Å². The molecule has 36 heavy (non-hydrogen) atoms. The van der Waals surface area contributed by atoms with Crippen LogP contribution in [0.2, 0.25) is 0 Å². The van der Waals surface area contributed by atoms with Gasteiger partial charge in [0.2, 0.25) is 0 Å². The van der Waals surface area contributed by atoms with Crippen molar-refractivity contribution in [2.45, 2.75) is 40.3 Å². The Morgan fingerprint density at radius 1 is 1.06 bits per heavy atom. The van der Waals surface area contributed by atoms with Crippen LogP contribution in [-0.2, 0) is 11.3 Å². The van der Waals surface area contributed by atoms with Gasteiger partial charge < -0.3 is 5.32 Å². The number of benzene rings is 2. The lowest BCUT2D eigenvalue weighted by atomic mass is 9.95. The Morgan fingerprint density at radius 3 is 2.36 bits per heavy atom. The van der Waals surface area contributed by atoms with Crippen LogP contribution in [0.25, 0.3) is 6.08 Å². The van der Waals surface area contributed by atoms with Crippen molar-refractivity contribution in [3.63, 3.8) is 0 Å². The predicted molar refractivity (Wildman–Crippen MR) is 143 cm³/mol. The molecule has 1 aliphatic heterocycles. The van der Waals surface area contributed by atoms with Crippen molar-refractivity contribution >= 4 is 29.0 Å². The number of nitrogens with one attached hydrogen (secondary N) is 1. The molecule has 1 amide bonds. The summed E-state index contributed by atoms with van der Waals surface area (Å²) in [6, 6.07) is 18.3. The number of para-hydroxylation sites is 1. The summed E-state index contributed by atoms with van der Waals surface area (Å²) in [6.45, 7) is 8.59. The molecule has 0 fully saturated rings. The summed E-state index contributed by atoms with van der Waals surface area (Å²) in [6.07, 6.45) is 1.90. The second kappa shape index (κ2) is 9.54. The van der Waals surface area contributed by atoms with Gasteiger partial charge in [0.1, 0.15) is 0 Å². The Bertz CT molecular complexity index is 1660. The van der Waals surface area contributed by atoms with E-state index in [1.165, 1.54) is 11.3 Å². The van der Waals surface area contributed by atoms with Crippen LogP contribution < -0.4 is 20.2 Å². The summed E-state index contributed by atoms with van der Waals surface area (Å²) in [5, 5.41) is 7.56. The van der Waals surface area contributed by atoms with Crippen molar-refractivity contribution < 1.29 is 4.79 Å². The number of anilines is 1. The van der Waals surface area contributed by atoms with E-state index in [9.17, 15) is 9.59 Å². The zero-order chi connectivity index (χ0) is 25.4. The van der Waals surface area contributed by atoms with E-state index in [1.807, 2.05) is 99.1 Å². The molecule has 2 aromatic carbocycles. The molecular formula is C28H27N5O2S. The first-order valence-corrected chi connectivity index (χ1v) is 12.7. The van der Waals surface area contributed by atoms with E-state index in [1.54, 1.807) is 4.57 Å². The van der Waals surface area contributed by atoms with Crippen LogP contribution in [0, 0.1) is 13.8 Å². The molecule has 182 valence electrons. The molecule has 0 spiro atoms. The van der Waals surface area contributed by atoms with E-state index in [2.05, 4.69) is 10.4 Å². The molecule has 1 aliphatic rings. The molecule has 0 bridgehead atoms. The van der Waals surface area contributed by atoms with Gasteiger partial charge in [0.15, 0.2) is 4.80 Å². The van der Waals surface area contributed by atoms with E-state index in [0.717, 1.165) is 29.1 Å². The molecule has 0 saturated heterocycles. The van der Waals surface area contributed by atoms with Gasteiger partial charge >= 0.3 is 0 Å². The summed E-state index contributed by atoms with van der Waals surface area (Å²) in [5.74, 6) is -0.276. The second-order valence-electron chi connectivity index (χ2n) is 8.71. The van der Waals surface area contributed by atoms with Crippen molar-refractivity contribution in [2.75, 3.05) is 5.32 Å². The third-order valence-electron chi connectivity index (χ3n) is 6.43. The second-order valence-corrected chi connectivity index (χ2v) is 9.72. The van der Waals surface area contributed by atoms with Gasteiger partial charge in [0.25, 0.3) is 11.5 Å². The molecule has 4 aromatic rings. The van der Waals surface area contributed by atoms with Crippen LogP contribution in [0.1, 0.15) is 42.4 Å². The SMILES string of the molecule is CCn1nc(C)c(/C=c2\sc3n(c2=O)[C@@H](c2ccccc2)C(C(=O)Nc2ccccc2)=C(C)N=3)c1C. The smallest absolute Gasteiger partial charge is 0.271 e. The number of fused-ring (bicyclic) bond motifs is 1. The van der Waals surface area contributed by atoms with Crippen molar-refractivity contribution in [1.82, 2.24) is 14.3 Å². The van der Waals surface area contributed by atoms with Gasteiger partial charge in [-0.15, -0.1) is 0 Å². The standard InChI is InChI=1S/C28H27N5O2S/c1-5-32-19(4)22(17(2)31-32)16-23-27(35)33-25(20-12-8-6-9-13-20)24(18(3)29-28(33)36-23)26(34)30-21-14-10-7-11-15-21/h6-16,25H,5H2,1-4H3,(H,30,34)/b23-16-/t25-/m0/s1. The molecule has 8 heteroatoms. The van der Waals surface area contributed by atoms with Crippen LogP contribution >= 0.6 is 11.3 Å². The first-order chi connectivity index (χ1) is 17.4. The highest BCUT2D eigenvalue weighted by Gasteiger charge is 2.32. The quantitative estimate of drug-likeness (QED) is 0.457. The fourth-order valence-electron chi connectivity index (χ4n) is 4.64. The Morgan fingerprint density at radius 2 is 1.72 bits per heavy atom. The largest absolute Gasteiger partial charge is 0.322 e. The number of amides is 1. The molecule has 0 unspecified atom stereocenters. The Hall–Kier alpha value is -4.04. The molecule has 1 N–H and O–H groups in total. The molecule has 0 aliphatic carbocycles. The molecule has 1 atom stereocenters. The molecule has 0 radical (unpaired) electrons. The number of hydrogen-bond acceptors (Lipinski definition) is 5. The average molecular weight is 498 g/mol. The molecule has 5 rings (SSSR count). The monoisotopic (exact) mass is 497 g/mol. The highest BCUT2D eigenvalue weighted by atomic mass is 32.1. The highest BCUT2D eigenvalue weighted by Crippen LogP contribution is 2.30. The molecule has 0 saturated carbocycles. The third-order valence-corrected chi connectivity index (χ3v) is 7.41. The first kappa shape index (κ1) is 23.7. The van der Waals surface area contributed by atoms with Crippen LogP contribution in [-0.4, -0.2) is 20.3 Å². The number of carbonyl (C=O) groups is 1. The van der Waals surface area contributed by atoms with E-state index in [4.69, 9.17) is 4.99 Å². The Kier molecular flexibility index (Phi) is 6.28. The van der Waals surface area contributed by atoms with E-state index in [0.29, 0.717) is 26.3 Å². The topological polar surface area (TPSA) is 81.3 Å². The number of aryl methyl sites for hydroxylation is 2. The van der Waals surface area contributed by atoms with Gasteiger partial charge in [-0.25, -0.2) is 4.99 Å². The zero-order valence-electron chi connectivity index (χ0n) is 20.6. The molecule has 3 heterocycles. The fraction of sp³-hybridized carbons (Fsp3) is 0.214. The maximum Gasteiger partial charge on any atom is 0.271 e. The minimum Gasteiger partial charge on any atom is -0.322 e. The lowest BCUT2D eigenvalue weighted by Crippen LogP contribution is -2.40. The summed E-state index contributed by atoms with van der Waals surface area (Å²) < 4.78 is 4.14. The van der Waals surface area contributed by atoms with Gasteiger partial charge in [-0.05, 0) is 51.5 Å². The summed E-state index contributed by atoms with van der Waals surface area (Å²) in [4.78, 5) is 32.7. The first-order valence-electron chi connectivity index (χ1n) is 11.9. The maximum atomic E-state index is 13.8. The van der Waals surface area contributed by atoms with Crippen LogP contribution in [0.4, 0.5) is 5.69 Å². The van der Waals surface area contributed by atoms with Crippen LogP contribution in [0.5, 0.6) is 0 Å². The van der Waals surface area contributed by atoms with Crippen molar-refractivity contribution in [3.05, 3.63) is 114 Å². The minimum absolute atomic E-state index is 0.173. The highest BCUT2D eigenvalue weighted by molar-refractivity contribution is 7.07. The summed E-state index contributed by atoms with van der Waals surface area (Å²) >= 11 is 1.34. The summed E-state index contributed by atoms with van der Waals surface area (Å²) in [5.41, 5.74) is 5.24. The lowest BCUT2D eigenvalue weighted by molar-refractivity contribution is -0.113. The van der Waals surface area contributed by atoms with Crippen molar-refractivity contribution in [1.29, 1.82) is 0 Å². The number of carbonyl (C=O) groups excluding carboxylic acids is 1. The van der Waals surface area contributed by atoms with E-state index < -0.39 is 6.04 Å². The van der Waals surface area contributed by atoms with Gasteiger partial charge in [-0.3, -0.25) is 18.8 Å². The summed E-state index contributed by atoms with van der Waals surface area (Å²) in [7, 11) is 0. The number of thiazole rings is 1. The molecule has 2 aromatic heterocycles. The van der Waals surface area contributed by atoms with Gasteiger partial charge in [-0.2, -0.15) is 5.10 Å². The molecule has 7 nitrogen and oxygen atoms in total. The van der Waals surface area contributed by atoms with Crippen molar-refractivity contribution in [3.8, 4) is 0 Å². The maximum absolute atomic E-state index is 13.8. The van der Waals surface area contributed by atoms with E-state index >= 15 is 0 Å². The number of aromatic nitrogens is 3. The third kappa shape index (κ3) is 4.13. The number of hydrogen-bond donors (Lipinski definition) is 1. The van der Waals surface area contributed by atoms with E-state index in [-0.39, 0.29) is 11.5 Å². The average Bonchev–Trinajstić information content (AvgIpc) is 3.34. The predicted octanol–water partition coefficient (Wildman–Crippen LogP) is 3.71.